The fourth-order valence-corrected chi connectivity index (χ4v) is 4.73. The van der Waals surface area contributed by atoms with Crippen molar-refractivity contribution in [3.8, 4) is 11.5 Å². The van der Waals surface area contributed by atoms with Crippen molar-refractivity contribution in [3.63, 3.8) is 0 Å². The lowest BCUT2D eigenvalue weighted by molar-refractivity contribution is -0.145. The normalized spacial score (nSPS) is 13.9. The number of carbonyl (C=O) groups is 1. The molecule has 2 aliphatic heterocycles. The Labute approximate surface area is 238 Å². The first-order valence-corrected chi connectivity index (χ1v) is 14.4. The van der Waals surface area contributed by atoms with Gasteiger partial charge in [0, 0.05) is 6.42 Å². The van der Waals surface area contributed by atoms with Gasteiger partial charge in [-0.25, -0.2) is 14.6 Å². The van der Waals surface area contributed by atoms with E-state index >= 15 is 0 Å². The minimum absolute atomic E-state index is 0.0423. The van der Waals surface area contributed by atoms with E-state index in [9.17, 15) is 29.7 Å². The number of fused-ring (bicyclic) bond motifs is 2. The van der Waals surface area contributed by atoms with Crippen LogP contribution in [0.4, 0.5) is 0 Å². The molecule has 12 heteroatoms. The summed E-state index contributed by atoms with van der Waals surface area (Å²) in [6, 6.07) is 3.46. The summed E-state index contributed by atoms with van der Waals surface area (Å²) in [6.45, 7) is 4.72. The standard InChI is InChI=1S/C29H42N4O8/c1-4-5-6-7-8-9-10-11-12-13-24(37)41-33-28(39)25-27(31-29(33)40)32(16-22(35)26(38)23(36)17-34)21-15-19(3)18(2)14-20(21)30-25/h14-15,22-23,26,34-36,38H,4-13,16-17H2,1-3H3. The number of carbonyl (C=O) groups excluding carboxylic acids is 1. The van der Waals surface area contributed by atoms with E-state index in [0.29, 0.717) is 22.2 Å². The topological polar surface area (TPSA) is 177 Å². The van der Waals surface area contributed by atoms with Crippen LogP contribution >= 0.6 is 0 Å². The first kappa shape index (κ1) is 32.3. The van der Waals surface area contributed by atoms with E-state index in [4.69, 9.17) is 9.94 Å². The highest BCUT2D eigenvalue weighted by Crippen LogP contribution is 2.25. The molecule has 2 aliphatic rings. The summed E-state index contributed by atoms with van der Waals surface area (Å²) < 4.78 is 1.64. The Balaban J connectivity index is 1.85. The van der Waals surface area contributed by atoms with Crippen LogP contribution in [0.3, 0.4) is 0 Å². The predicted octanol–water partition coefficient (Wildman–Crippen LogP) is 1.63. The molecule has 12 nitrogen and oxygen atoms in total. The van der Waals surface area contributed by atoms with Crippen LogP contribution in [0.25, 0.3) is 22.6 Å². The highest BCUT2D eigenvalue weighted by Gasteiger charge is 2.29. The molecule has 3 unspecified atom stereocenters. The number of aliphatic hydroxyl groups is 4. The van der Waals surface area contributed by atoms with E-state index < -0.39 is 42.1 Å². The van der Waals surface area contributed by atoms with E-state index in [1.807, 2.05) is 13.8 Å². The molecule has 0 bridgehead atoms. The maximum absolute atomic E-state index is 13.3. The minimum Gasteiger partial charge on any atom is -0.394 e. The van der Waals surface area contributed by atoms with Gasteiger partial charge in [-0.2, -0.15) is 4.98 Å². The van der Waals surface area contributed by atoms with Gasteiger partial charge in [0.15, 0.2) is 11.5 Å². The molecule has 3 rings (SSSR count). The van der Waals surface area contributed by atoms with E-state index in [1.165, 1.54) is 36.7 Å². The molecule has 226 valence electrons. The fraction of sp³-hybridized carbons (Fsp3) is 0.621. The van der Waals surface area contributed by atoms with Gasteiger partial charge in [0.2, 0.25) is 0 Å². The van der Waals surface area contributed by atoms with Crippen LogP contribution in [-0.4, -0.2) is 70.6 Å². The van der Waals surface area contributed by atoms with Gasteiger partial charge < -0.3 is 29.8 Å². The molecular weight excluding hydrogens is 532 g/mol. The molecule has 0 fully saturated rings. The van der Waals surface area contributed by atoms with Crippen LogP contribution in [0.15, 0.2) is 21.7 Å². The first-order valence-electron chi connectivity index (χ1n) is 14.4. The van der Waals surface area contributed by atoms with Gasteiger partial charge in [-0.1, -0.05) is 63.0 Å². The third kappa shape index (κ3) is 8.19. The lowest BCUT2D eigenvalue weighted by atomic mass is 10.1. The lowest BCUT2D eigenvalue weighted by Gasteiger charge is -2.25. The van der Waals surface area contributed by atoms with Crippen LogP contribution in [0, 0.1) is 13.8 Å². The molecule has 0 aromatic heterocycles. The molecular formula is C29H42N4O8. The van der Waals surface area contributed by atoms with E-state index in [2.05, 4.69) is 16.9 Å². The van der Waals surface area contributed by atoms with Crippen LogP contribution in [-0.2, 0) is 11.3 Å². The number of rotatable bonds is 16. The molecule has 0 spiro atoms. The van der Waals surface area contributed by atoms with Gasteiger partial charge in [0.25, 0.3) is 0 Å². The summed E-state index contributed by atoms with van der Waals surface area (Å²) in [6.07, 6.45) is 4.71. The molecule has 0 saturated heterocycles. The van der Waals surface area contributed by atoms with Crippen molar-refractivity contribution >= 4 is 17.0 Å². The Morgan fingerprint density at radius 1 is 0.902 bits per heavy atom. The number of nitrogens with zero attached hydrogens (tertiary/aromatic N) is 4. The highest BCUT2D eigenvalue weighted by molar-refractivity contribution is 5.81. The van der Waals surface area contributed by atoms with Crippen molar-refractivity contribution in [2.45, 2.75) is 110 Å². The Morgan fingerprint density at radius 2 is 1.51 bits per heavy atom. The maximum atomic E-state index is 13.3. The molecule has 41 heavy (non-hydrogen) atoms. The van der Waals surface area contributed by atoms with Gasteiger partial charge >= 0.3 is 17.2 Å². The Kier molecular flexibility index (Phi) is 11.9. The number of aromatic nitrogens is 4. The largest absolute Gasteiger partial charge is 0.394 e. The molecule has 1 aromatic carbocycles. The zero-order chi connectivity index (χ0) is 30.1. The third-order valence-corrected chi connectivity index (χ3v) is 7.37. The van der Waals surface area contributed by atoms with Crippen molar-refractivity contribution in [2.24, 2.45) is 0 Å². The zero-order valence-corrected chi connectivity index (χ0v) is 24.1. The third-order valence-electron chi connectivity index (χ3n) is 7.37. The van der Waals surface area contributed by atoms with Crippen molar-refractivity contribution in [2.75, 3.05) is 6.61 Å². The number of benzene rings is 1. The number of aliphatic hydroxyl groups excluding tert-OH is 4. The molecule has 0 amide bonds. The van der Waals surface area contributed by atoms with E-state index in [1.54, 1.807) is 12.1 Å². The molecule has 3 atom stereocenters. The van der Waals surface area contributed by atoms with Crippen molar-refractivity contribution in [1.29, 1.82) is 0 Å². The number of hydrogen-bond donors (Lipinski definition) is 4. The molecule has 4 N–H and O–H groups in total. The van der Waals surface area contributed by atoms with Gasteiger partial charge in [-0.3, -0.25) is 4.79 Å². The SMILES string of the molecule is CCCCCCCCCCCC(=O)On1c(=O)nc2n(CC(O)C(O)C(O)CO)c3cc(C)c(C)cc3nc-2c1=O. The summed E-state index contributed by atoms with van der Waals surface area (Å²) in [5.41, 5.74) is 0.0894. The second-order valence-electron chi connectivity index (χ2n) is 10.7. The Hall–Kier alpha value is -3.19. The highest BCUT2D eigenvalue weighted by atomic mass is 16.7. The number of hydrogen-bond acceptors (Lipinski definition) is 10. The monoisotopic (exact) mass is 574 g/mol. The second kappa shape index (κ2) is 15.2. The summed E-state index contributed by atoms with van der Waals surface area (Å²) in [5.74, 6) is -0.920. The van der Waals surface area contributed by atoms with E-state index in [0.717, 1.165) is 30.4 Å². The van der Waals surface area contributed by atoms with Gasteiger partial charge in [0.05, 0.1) is 24.2 Å². The van der Waals surface area contributed by atoms with Gasteiger partial charge in [-0.05, 0) is 43.5 Å². The smallest absolute Gasteiger partial charge is 0.386 e. The van der Waals surface area contributed by atoms with Crippen molar-refractivity contribution < 1.29 is 30.1 Å². The Morgan fingerprint density at radius 3 is 2.15 bits per heavy atom. The molecule has 0 saturated carbocycles. The summed E-state index contributed by atoms with van der Waals surface area (Å²) in [4.78, 5) is 52.1. The average Bonchev–Trinajstić information content (AvgIpc) is 2.95. The van der Waals surface area contributed by atoms with Crippen LogP contribution in [0.2, 0.25) is 0 Å². The summed E-state index contributed by atoms with van der Waals surface area (Å²) >= 11 is 0. The van der Waals surface area contributed by atoms with E-state index in [-0.39, 0.29) is 24.5 Å². The Bertz CT molecular complexity index is 1400. The van der Waals surface area contributed by atoms with Gasteiger partial charge in [-0.15, -0.1) is 0 Å². The summed E-state index contributed by atoms with van der Waals surface area (Å²) in [5, 5.41) is 39.7. The molecule has 2 heterocycles. The number of unbranched alkanes of at least 4 members (excludes halogenated alkanes) is 8. The summed E-state index contributed by atoms with van der Waals surface area (Å²) in [7, 11) is 0. The molecule has 1 aromatic rings. The van der Waals surface area contributed by atoms with Crippen molar-refractivity contribution in [1.82, 2.24) is 19.3 Å². The minimum atomic E-state index is -1.72. The van der Waals surface area contributed by atoms with Crippen molar-refractivity contribution in [3.05, 3.63) is 44.1 Å². The first-order chi connectivity index (χ1) is 19.6. The van der Waals surface area contributed by atoms with Crippen LogP contribution in [0.5, 0.6) is 0 Å². The molecule has 0 aliphatic carbocycles. The van der Waals surface area contributed by atoms with Gasteiger partial charge in [0.1, 0.15) is 18.3 Å². The number of aryl methyl sites for hydroxylation is 2. The maximum Gasteiger partial charge on any atom is 0.386 e. The van der Waals surface area contributed by atoms with Crippen LogP contribution in [0.1, 0.15) is 82.3 Å². The predicted molar refractivity (Wildman–Crippen MR) is 153 cm³/mol. The lowest BCUT2D eigenvalue weighted by Crippen LogP contribution is -2.45. The second-order valence-corrected chi connectivity index (χ2v) is 10.7. The zero-order valence-electron chi connectivity index (χ0n) is 24.1. The average molecular weight is 575 g/mol. The quantitative estimate of drug-likeness (QED) is 0.145. The molecule has 0 radical (unpaired) electrons. The fourth-order valence-electron chi connectivity index (χ4n) is 4.73. The van der Waals surface area contributed by atoms with Crippen LogP contribution < -0.4 is 16.1 Å².